The summed E-state index contributed by atoms with van der Waals surface area (Å²) in [4.78, 5) is 12.3. The van der Waals surface area contributed by atoms with E-state index < -0.39 is 29.0 Å². The van der Waals surface area contributed by atoms with Crippen molar-refractivity contribution in [3.8, 4) is 5.75 Å². The van der Waals surface area contributed by atoms with Gasteiger partial charge in [0.2, 0.25) is 0 Å². The van der Waals surface area contributed by atoms with Crippen molar-refractivity contribution >= 4 is 11.4 Å². The Morgan fingerprint density at radius 3 is 2.68 bits per heavy atom. The number of nitro benzene ring substituents is 1. The van der Waals surface area contributed by atoms with Crippen molar-refractivity contribution in [2.24, 2.45) is 7.05 Å². The standard InChI is InChI=1S/C22H26N6O6/c1-22(21(32-3)33-4)20(29)19(15-12-14(28(30)31)9-10-17(15)34-22)23-16-8-6-5-7-13(16)11-18-24-26-27(2)25-18/h5-10,12,19-21,23,29H,11H2,1-4H3/t19-,20+,22+/m1/s1. The molecule has 0 spiro atoms. The number of aliphatic hydroxyl groups is 1. The zero-order chi connectivity index (χ0) is 24.5. The lowest BCUT2D eigenvalue weighted by atomic mass is 9.84. The van der Waals surface area contributed by atoms with Gasteiger partial charge in [-0.25, -0.2) is 0 Å². The van der Waals surface area contributed by atoms with E-state index in [4.69, 9.17) is 14.2 Å². The molecular weight excluding hydrogens is 444 g/mol. The second-order valence-corrected chi connectivity index (χ2v) is 8.16. The molecule has 1 aliphatic rings. The number of fused-ring (bicyclic) bond motifs is 1. The number of ether oxygens (including phenoxy) is 3. The van der Waals surface area contributed by atoms with Gasteiger partial charge in [0.25, 0.3) is 5.69 Å². The monoisotopic (exact) mass is 470 g/mol. The largest absolute Gasteiger partial charge is 0.479 e. The van der Waals surface area contributed by atoms with Crippen molar-refractivity contribution < 1.29 is 24.2 Å². The number of hydrogen-bond donors (Lipinski definition) is 2. The number of tetrazole rings is 1. The fourth-order valence-electron chi connectivity index (χ4n) is 4.24. The van der Waals surface area contributed by atoms with E-state index in [1.807, 2.05) is 24.3 Å². The highest BCUT2D eigenvalue weighted by molar-refractivity contribution is 5.57. The number of nitro groups is 1. The number of non-ortho nitro benzene ring substituents is 1. The zero-order valence-electron chi connectivity index (χ0n) is 19.2. The number of benzene rings is 2. The van der Waals surface area contributed by atoms with Gasteiger partial charge in [-0.05, 0) is 29.8 Å². The van der Waals surface area contributed by atoms with Crippen LogP contribution in [0, 0.1) is 10.1 Å². The number of nitrogens with zero attached hydrogens (tertiary/aromatic N) is 5. The van der Waals surface area contributed by atoms with E-state index in [0.717, 1.165) is 5.56 Å². The maximum absolute atomic E-state index is 11.5. The smallest absolute Gasteiger partial charge is 0.270 e. The highest BCUT2D eigenvalue weighted by Crippen LogP contribution is 2.45. The minimum absolute atomic E-state index is 0.114. The summed E-state index contributed by atoms with van der Waals surface area (Å²) in [5.74, 6) is 0.909. The average molecular weight is 470 g/mol. The lowest BCUT2D eigenvalue weighted by Gasteiger charge is -2.47. The number of aliphatic hydroxyl groups excluding tert-OH is 1. The van der Waals surface area contributed by atoms with Crippen LogP contribution in [0.5, 0.6) is 5.75 Å². The molecule has 12 nitrogen and oxygen atoms in total. The molecule has 0 amide bonds. The lowest BCUT2D eigenvalue weighted by Crippen LogP contribution is -2.60. The summed E-state index contributed by atoms with van der Waals surface area (Å²) < 4.78 is 17.0. The first kappa shape index (κ1) is 23.5. The molecule has 2 aromatic carbocycles. The van der Waals surface area contributed by atoms with Crippen molar-refractivity contribution in [3.05, 3.63) is 69.5 Å². The van der Waals surface area contributed by atoms with E-state index in [9.17, 15) is 15.2 Å². The lowest BCUT2D eigenvalue weighted by molar-refractivity contribution is -0.385. The first-order valence-corrected chi connectivity index (χ1v) is 10.5. The van der Waals surface area contributed by atoms with Gasteiger partial charge in [0.1, 0.15) is 11.9 Å². The molecule has 0 bridgehead atoms. The Hall–Kier alpha value is -3.61. The van der Waals surface area contributed by atoms with Crippen LogP contribution in [0.4, 0.5) is 11.4 Å². The summed E-state index contributed by atoms with van der Waals surface area (Å²) in [5.41, 5.74) is 0.575. The SMILES string of the molecule is COC(OC)[C@@]1(C)Oc2ccc([N+](=O)[O-])cc2[C@@H](Nc2ccccc2Cc2nnn(C)n2)[C@@H]1O. The molecule has 2 heterocycles. The molecular formula is C22H26N6O6. The second-order valence-electron chi connectivity index (χ2n) is 8.16. The third-order valence-electron chi connectivity index (χ3n) is 5.89. The molecule has 3 atom stereocenters. The van der Waals surface area contributed by atoms with Crippen molar-refractivity contribution in [2.75, 3.05) is 19.5 Å². The van der Waals surface area contributed by atoms with Crippen molar-refractivity contribution in [2.45, 2.75) is 37.4 Å². The predicted octanol–water partition coefficient (Wildman–Crippen LogP) is 1.99. The molecule has 34 heavy (non-hydrogen) atoms. The van der Waals surface area contributed by atoms with Crippen LogP contribution in [0.25, 0.3) is 0 Å². The number of nitrogens with one attached hydrogen (secondary N) is 1. The van der Waals surface area contributed by atoms with Gasteiger partial charge in [-0.15, -0.1) is 10.2 Å². The predicted molar refractivity (Wildman–Crippen MR) is 120 cm³/mol. The first-order chi connectivity index (χ1) is 16.3. The number of rotatable bonds is 8. The normalized spacial score (nSPS) is 21.7. The molecule has 4 rings (SSSR count). The molecule has 0 unspecified atom stereocenters. The third-order valence-corrected chi connectivity index (χ3v) is 5.89. The minimum atomic E-state index is -1.31. The Bertz CT molecular complexity index is 1180. The van der Waals surface area contributed by atoms with Gasteiger partial charge < -0.3 is 24.6 Å². The Labute approximate surface area is 195 Å². The van der Waals surface area contributed by atoms with E-state index in [0.29, 0.717) is 29.2 Å². The van der Waals surface area contributed by atoms with Crippen LogP contribution in [-0.2, 0) is 22.9 Å². The van der Waals surface area contributed by atoms with Gasteiger partial charge >= 0.3 is 0 Å². The van der Waals surface area contributed by atoms with Crippen LogP contribution in [-0.4, -0.2) is 62.5 Å². The van der Waals surface area contributed by atoms with Gasteiger partial charge in [0.15, 0.2) is 17.7 Å². The van der Waals surface area contributed by atoms with E-state index in [1.165, 1.54) is 37.2 Å². The Morgan fingerprint density at radius 2 is 2.03 bits per heavy atom. The topological polar surface area (TPSA) is 147 Å². The fourth-order valence-corrected chi connectivity index (χ4v) is 4.24. The summed E-state index contributed by atoms with van der Waals surface area (Å²) in [6.07, 6.45) is -1.71. The Morgan fingerprint density at radius 1 is 1.29 bits per heavy atom. The molecule has 0 saturated heterocycles. The van der Waals surface area contributed by atoms with Crippen LogP contribution < -0.4 is 10.1 Å². The van der Waals surface area contributed by atoms with Gasteiger partial charge in [-0.2, -0.15) is 4.80 Å². The number of anilines is 1. The number of para-hydroxylation sites is 1. The van der Waals surface area contributed by atoms with Gasteiger partial charge in [0.05, 0.1) is 18.0 Å². The Kier molecular flexibility index (Phi) is 6.46. The summed E-state index contributed by atoms with van der Waals surface area (Å²) in [5, 5.41) is 38.4. The summed E-state index contributed by atoms with van der Waals surface area (Å²) >= 11 is 0. The van der Waals surface area contributed by atoms with E-state index in [-0.39, 0.29) is 5.69 Å². The zero-order valence-corrected chi connectivity index (χ0v) is 19.2. The molecule has 1 aromatic heterocycles. The number of methoxy groups -OCH3 is 2. The molecule has 0 saturated carbocycles. The third kappa shape index (κ3) is 4.30. The van der Waals surface area contributed by atoms with Crippen molar-refractivity contribution in [1.29, 1.82) is 0 Å². The van der Waals surface area contributed by atoms with Crippen LogP contribution in [0.2, 0.25) is 0 Å². The maximum atomic E-state index is 11.5. The van der Waals surface area contributed by atoms with Crippen LogP contribution >= 0.6 is 0 Å². The van der Waals surface area contributed by atoms with Crippen LogP contribution in [0.15, 0.2) is 42.5 Å². The van der Waals surface area contributed by atoms with Crippen molar-refractivity contribution in [3.63, 3.8) is 0 Å². The molecule has 2 N–H and O–H groups in total. The number of aromatic nitrogens is 4. The van der Waals surface area contributed by atoms with Crippen molar-refractivity contribution in [1.82, 2.24) is 20.2 Å². The first-order valence-electron chi connectivity index (χ1n) is 10.5. The number of hydrogen-bond acceptors (Lipinski definition) is 10. The van der Waals surface area contributed by atoms with Gasteiger partial charge in [-0.3, -0.25) is 10.1 Å². The molecule has 0 aliphatic carbocycles. The maximum Gasteiger partial charge on any atom is 0.270 e. The van der Waals surface area contributed by atoms with Crippen LogP contribution in [0.3, 0.4) is 0 Å². The van der Waals surface area contributed by atoms with E-state index in [1.54, 1.807) is 14.0 Å². The van der Waals surface area contributed by atoms with E-state index >= 15 is 0 Å². The average Bonchev–Trinajstić information content (AvgIpc) is 3.23. The quantitative estimate of drug-likeness (QED) is 0.285. The van der Waals surface area contributed by atoms with E-state index in [2.05, 4.69) is 20.7 Å². The molecule has 180 valence electrons. The van der Waals surface area contributed by atoms with Gasteiger partial charge in [0, 0.05) is 44.0 Å². The molecule has 0 radical (unpaired) electrons. The molecule has 0 fully saturated rings. The summed E-state index contributed by atoms with van der Waals surface area (Å²) in [6, 6.07) is 11.0. The number of aryl methyl sites for hydroxylation is 1. The highest BCUT2D eigenvalue weighted by Gasteiger charge is 2.52. The summed E-state index contributed by atoms with van der Waals surface area (Å²) in [6.45, 7) is 1.67. The fraction of sp³-hybridized carbons (Fsp3) is 0.409. The minimum Gasteiger partial charge on any atom is -0.479 e. The highest BCUT2D eigenvalue weighted by atomic mass is 16.7. The van der Waals surface area contributed by atoms with Crippen LogP contribution in [0.1, 0.15) is 29.9 Å². The molecule has 1 aliphatic heterocycles. The Balaban J connectivity index is 1.77. The molecule has 12 heteroatoms. The second kappa shape index (κ2) is 9.33. The van der Waals surface area contributed by atoms with Gasteiger partial charge in [-0.1, -0.05) is 18.2 Å². The molecule has 3 aromatic rings. The summed E-state index contributed by atoms with van der Waals surface area (Å²) in [7, 11) is 4.59.